The van der Waals surface area contributed by atoms with Crippen LogP contribution in [0, 0.1) is 5.82 Å². The first-order valence-electron chi connectivity index (χ1n) is 6.62. The first-order valence-corrected chi connectivity index (χ1v) is 6.62. The zero-order chi connectivity index (χ0) is 13.9. The summed E-state index contributed by atoms with van der Waals surface area (Å²) < 4.78 is 12.9. The fraction of sp³-hybridized carbons (Fsp3) is 0.188. The highest BCUT2D eigenvalue weighted by molar-refractivity contribution is 6.00. The fourth-order valence-corrected chi connectivity index (χ4v) is 2.43. The van der Waals surface area contributed by atoms with Crippen LogP contribution in [0.3, 0.4) is 0 Å². The third kappa shape index (κ3) is 2.50. The molecule has 1 unspecified atom stereocenters. The average molecular weight is 270 g/mol. The Morgan fingerprint density at radius 3 is 2.45 bits per heavy atom. The Kier molecular flexibility index (Phi) is 3.37. The van der Waals surface area contributed by atoms with Crippen LogP contribution in [0.4, 0.5) is 15.8 Å². The lowest BCUT2D eigenvalue weighted by atomic mass is 10.2. The molecule has 0 saturated carbocycles. The molecule has 3 rings (SSSR count). The molecule has 0 aromatic heterocycles. The summed E-state index contributed by atoms with van der Waals surface area (Å²) in [5.74, 6) is -0.222. The minimum absolute atomic E-state index is 0.0560. The van der Waals surface area contributed by atoms with Crippen molar-refractivity contribution in [2.75, 3.05) is 16.8 Å². The average Bonchev–Trinajstić information content (AvgIpc) is 2.84. The van der Waals surface area contributed by atoms with E-state index in [0.29, 0.717) is 6.54 Å². The van der Waals surface area contributed by atoms with Crippen molar-refractivity contribution in [2.45, 2.75) is 12.5 Å². The Balaban J connectivity index is 1.71. The number of hydrogen-bond donors (Lipinski definition) is 1. The Bertz CT molecular complexity index is 598. The van der Waals surface area contributed by atoms with Gasteiger partial charge in [-0.1, -0.05) is 18.2 Å². The molecule has 20 heavy (non-hydrogen) atoms. The van der Waals surface area contributed by atoms with Gasteiger partial charge in [-0.05, 0) is 42.8 Å². The van der Waals surface area contributed by atoms with Gasteiger partial charge in [-0.2, -0.15) is 0 Å². The number of rotatable bonds is 3. The number of benzene rings is 2. The molecule has 0 radical (unpaired) electrons. The van der Waals surface area contributed by atoms with Gasteiger partial charge in [-0.25, -0.2) is 4.39 Å². The highest BCUT2D eigenvalue weighted by Gasteiger charge is 2.32. The molecule has 1 saturated heterocycles. The Morgan fingerprint density at radius 2 is 1.75 bits per heavy atom. The van der Waals surface area contributed by atoms with E-state index in [0.717, 1.165) is 17.8 Å². The zero-order valence-electron chi connectivity index (χ0n) is 10.9. The van der Waals surface area contributed by atoms with Gasteiger partial charge in [0, 0.05) is 17.9 Å². The summed E-state index contributed by atoms with van der Waals surface area (Å²) in [6.45, 7) is 0.696. The maximum Gasteiger partial charge on any atom is 0.249 e. The lowest BCUT2D eigenvalue weighted by Gasteiger charge is -2.17. The van der Waals surface area contributed by atoms with Crippen molar-refractivity contribution < 1.29 is 9.18 Å². The number of nitrogens with one attached hydrogen (secondary N) is 1. The van der Waals surface area contributed by atoms with Crippen LogP contribution in [0.25, 0.3) is 0 Å². The third-order valence-electron chi connectivity index (χ3n) is 3.46. The number of anilines is 2. The van der Waals surface area contributed by atoms with Crippen LogP contribution in [-0.4, -0.2) is 18.5 Å². The quantitative estimate of drug-likeness (QED) is 0.929. The molecule has 2 aromatic carbocycles. The topological polar surface area (TPSA) is 32.3 Å². The van der Waals surface area contributed by atoms with Crippen LogP contribution in [0.2, 0.25) is 0 Å². The molecule has 1 N–H and O–H groups in total. The fourth-order valence-electron chi connectivity index (χ4n) is 2.43. The molecule has 1 heterocycles. The largest absolute Gasteiger partial charge is 0.374 e. The van der Waals surface area contributed by atoms with Crippen LogP contribution in [0.15, 0.2) is 54.6 Å². The van der Waals surface area contributed by atoms with Crippen molar-refractivity contribution in [2.24, 2.45) is 0 Å². The van der Waals surface area contributed by atoms with Crippen molar-refractivity contribution in [3.8, 4) is 0 Å². The summed E-state index contributed by atoms with van der Waals surface area (Å²) >= 11 is 0. The highest BCUT2D eigenvalue weighted by Crippen LogP contribution is 2.23. The van der Waals surface area contributed by atoms with Crippen LogP contribution in [0.1, 0.15) is 6.42 Å². The number of carbonyl (C=O) groups is 1. The third-order valence-corrected chi connectivity index (χ3v) is 3.46. The molecule has 102 valence electrons. The SMILES string of the molecule is O=C1C(Nc2ccc(F)cc2)CCN1c1ccccc1. The van der Waals surface area contributed by atoms with Crippen molar-refractivity contribution in [1.82, 2.24) is 0 Å². The van der Waals surface area contributed by atoms with Crippen LogP contribution >= 0.6 is 0 Å². The van der Waals surface area contributed by atoms with Crippen LogP contribution in [0.5, 0.6) is 0 Å². The molecule has 0 spiro atoms. The second-order valence-electron chi connectivity index (χ2n) is 4.82. The normalized spacial score (nSPS) is 18.4. The Hall–Kier alpha value is -2.36. The summed E-state index contributed by atoms with van der Waals surface area (Å²) in [6.07, 6.45) is 0.741. The van der Waals surface area contributed by atoms with Gasteiger partial charge < -0.3 is 10.2 Å². The van der Waals surface area contributed by atoms with E-state index in [1.807, 2.05) is 30.3 Å². The predicted octanol–water partition coefficient (Wildman–Crippen LogP) is 3.04. The van der Waals surface area contributed by atoms with Gasteiger partial charge in [0.1, 0.15) is 11.9 Å². The molecule has 0 aliphatic carbocycles. The highest BCUT2D eigenvalue weighted by atomic mass is 19.1. The second kappa shape index (κ2) is 5.33. The van der Waals surface area contributed by atoms with Crippen LogP contribution < -0.4 is 10.2 Å². The number of hydrogen-bond acceptors (Lipinski definition) is 2. The van der Waals surface area contributed by atoms with Gasteiger partial charge >= 0.3 is 0 Å². The lowest BCUT2D eigenvalue weighted by molar-refractivity contribution is -0.117. The number of halogens is 1. The molecular weight excluding hydrogens is 255 g/mol. The maximum absolute atomic E-state index is 12.9. The molecular formula is C16H15FN2O. The lowest BCUT2D eigenvalue weighted by Crippen LogP contribution is -2.33. The van der Waals surface area contributed by atoms with Gasteiger partial charge in [0.2, 0.25) is 5.91 Å². The number of nitrogens with zero attached hydrogens (tertiary/aromatic N) is 1. The second-order valence-corrected chi connectivity index (χ2v) is 4.82. The van der Waals surface area contributed by atoms with Gasteiger partial charge in [0.05, 0.1) is 0 Å². The van der Waals surface area contributed by atoms with Crippen molar-refractivity contribution in [3.05, 3.63) is 60.4 Å². The summed E-state index contributed by atoms with van der Waals surface area (Å²) in [7, 11) is 0. The van der Waals surface area contributed by atoms with E-state index in [1.165, 1.54) is 12.1 Å². The molecule has 1 amide bonds. The minimum atomic E-state index is -0.279. The Morgan fingerprint density at radius 1 is 1.05 bits per heavy atom. The molecule has 4 heteroatoms. The molecule has 2 aromatic rings. The number of carbonyl (C=O) groups excluding carboxylic acids is 1. The molecule has 0 bridgehead atoms. The van der Waals surface area contributed by atoms with Crippen LogP contribution in [-0.2, 0) is 4.79 Å². The van der Waals surface area contributed by atoms with E-state index in [9.17, 15) is 9.18 Å². The summed E-state index contributed by atoms with van der Waals surface area (Å²) in [4.78, 5) is 14.1. The summed E-state index contributed by atoms with van der Waals surface area (Å²) in [5, 5.41) is 3.16. The molecule has 1 atom stereocenters. The van der Waals surface area contributed by atoms with E-state index in [-0.39, 0.29) is 17.8 Å². The molecule has 3 nitrogen and oxygen atoms in total. The van der Waals surface area contributed by atoms with E-state index in [2.05, 4.69) is 5.32 Å². The van der Waals surface area contributed by atoms with Crippen molar-refractivity contribution in [3.63, 3.8) is 0 Å². The summed E-state index contributed by atoms with van der Waals surface area (Å²) in [5.41, 5.74) is 1.68. The van der Waals surface area contributed by atoms with Gasteiger partial charge in [0.15, 0.2) is 0 Å². The maximum atomic E-state index is 12.9. The standard InChI is InChI=1S/C16H15FN2O/c17-12-6-8-13(9-7-12)18-15-10-11-19(16(15)20)14-4-2-1-3-5-14/h1-9,15,18H,10-11H2. The number of amides is 1. The molecule has 1 aliphatic rings. The van der Waals surface area contributed by atoms with Gasteiger partial charge in [-0.15, -0.1) is 0 Å². The van der Waals surface area contributed by atoms with Gasteiger partial charge in [0.25, 0.3) is 0 Å². The monoisotopic (exact) mass is 270 g/mol. The van der Waals surface area contributed by atoms with E-state index >= 15 is 0 Å². The zero-order valence-corrected chi connectivity index (χ0v) is 10.9. The smallest absolute Gasteiger partial charge is 0.249 e. The number of para-hydroxylation sites is 1. The van der Waals surface area contributed by atoms with E-state index in [4.69, 9.17) is 0 Å². The first kappa shape index (κ1) is 12.7. The molecule has 1 fully saturated rings. The van der Waals surface area contributed by atoms with Gasteiger partial charge in [-0.3, -0.25) is 4.79 Å². The summed E-state index contributed by atoms with van der Waals surface area (Å²) in [6, 6.07) is 15.4. The minimum Gasteiger partial charge on any atom is -0.374 e. The predicted molar refractivity (Wildman–Crippen MR) is 77.2 cm³/mol. The van der Waals surface area contributed by atoms with E-state index < -0.39 is 0 Å². The molecule has 1 aliphatic heterocycles. The van der Waals surface area contributed by atoms with Crippen molar-refractivity contribution in [1.29, 1.82) is 0 Å². The van der Waals surface area contributed by atoms with Crippen molar-refractivity contribution >= 4 is 17.3 Å². The van der Waals surface area contributed by atoms with E-state index in [1.54, 1.807) is 17.0 Å². The first-order chi connectivity index (χ1) is 9.74. The Labute approximate surface area is 117 Å².